The van der Waals surface area contributed by atoms with Crippen molar-refractivity contribution in [2.24, 2.45) is 0 Å². The molecule has 0 atom stereocenters. The lowest BCUT2D eigenvalue weighted by Gasteiger charge is -1.82. The Morgan fingerprint density at radius 2 is 2.00 bits per heavy atom. The minimum Gasteiger partial charge on any atom is -0.478 e. The number of allylic oxidation sites excluding steroid dienone is 3. The predicted molar refractivity (Wildman–Crippen MR) is 36.1 cm³/mol. The van der Waals surface area contributed by atoms with Crippen molar-refractivity contribution >= 4 is 5.97 Å². The van der Waals surface area contributed by atoms with Crippen LogP contribution in [0.2, 0.25) is 0 Å². The molecule has 0 fully saturated rings. The second-order valence-corrected chi connectivity index (χ2v) is 1.45. The number of rotatable bonds is 3. The molecule has 0 unspecified atom stereocenters. The maximum absolute atomic E-state index is 9.86. The van der Waals surface area contributed by atoms with Crippen LogP contribution in [0.25, 0.3) is 0 Å². The molecule has 2 heteroatoms. The molecule has 0 amide bonds. The Morgan fingerprint density at radius 1 is 1.44 bits per heavy atom. The monoisotopic (exact) mass is 124 g/mol. The maximum Gasteiger partial charge on any atom is 0.328 e. The van der Waals surface area contributed by atoms with Crippen LogP contribution >= 0.6 is 0 Å². The summed E-state index contributed by atoms with van der Waals surface area (Å²) >= 11 is 0. The average molecular weight is 124 g/mol. The summed E-state index contributed by atoms with van der Waals surface area (Å²) in [5.74, 6) is -0.974. The van der Waals surface area contributed by atoms with Gasteiger partial charge in [-0.15, -0.1) is 0 Å². The molecule has 0 aliphatic carbocycles. The molecule has 9 heavy (non-hydrogen) atoms. The van der Waals surface area contributed by atoms with Crippen molar-refractivity contribution in [2.75, 3.05) is 0 Å². The SMILES string of the molecule is C=CC(=C)/C=C/C(=O)O. The van der Waals surface area contributed by atoms with E-state index in [9.17, 15) is 4.79 Å². The number of hydrogen-bond acceptors (Lipinski definition) is 1. The van der Waals surface area contributed by atoms with Crippen LogP contribution in [0.5, 0.6) is 0 Å². The Bertz CT molecular complexity index is 166. The van der Waals surface area contributed by atoms with Crippen molar-refractivity contribution in [2.45, 2.75) is 0 Å². The summed E-state index contributed by atoms with van der Waals surface area (Å²) in [6.45, 7) is 6.87. The zero-order valence-corrected chi connectivity index (χ0v) is 5.00. The van der Waals surface area contributed by atoms with Gasteiger partial charge in [0.15, 0.2) is 0 Å². The summed E-state index contributed by atoms with van der Waals surface area (Å²) in [5.41, 5.74) is 0.595. The molecule has 0 aromatic heterocycles. The number of carbonyl (C=O) groups is 1. The molecular weight excluding hydrogens is 116 g/mol. The van der Waals surface area contributed by atoms with Crippen LogP contribution in [0.15, 0.2) is 37.0 Å². The smallest absolute Gasteiger partial charge is 0.328 e. The van der Waals surface area contributed by atoms with Gasteiger partial charge in [-0.2, -0.15) is 0 Å². The van der Waals surface area contributed by atoms with Crippen LogP contribution in [-0.4, -0.2) is 11.1 Å². The summed E-state index contributed by atoms with van der Waals surface area (Å²) in [6.07, 6.45) is 3.89. The Morgan fingerprint density at radius 3 is 2.33 bits per heavy atom. The van der Waals surface area contributed by atoms with Crippen LogP contribution in [0, 0.1) is 0 Å². The van der Waals surface area contributed by atoms with E-state index in [0.29, 0.717) is 5.57 Å². The molecule has 0 aromatic rings. The lowest BCUT2D eigenvalue weighted by atomic mass is 10.3. The van der Waals surface area contributed by atoms with Gasteiger partial charge in [-0.1, -0.05) is 19.2 Å². The molecule has 0 saturated carbocycles. The first-order valence-electron chi connectivity index (χ1n) is 2.39. The predicted octanol–water partition coefficient (Wildman–Crippen LogP) is 1.37. The fourth-order valence-electron chi connectivity index (χ4n) is 0.246. The third-order valence-corrected chi connectivity index (χ3v) is 0.702. The van der Waals surface area contributed by atoms with Gasteiger partial charge in [0.05, 0.1) is 0 Å². The second kappa shape index (κ2) is 3.66. The van der Waals surface area contributed by atoms with E-state index in [1.54, 1.807) is 0 Å². The van der Waals surface area contributed by atoms with Crippen LogP contribution in [0.3, 0.4) is 0 Å². The first-order chi connectivity index (χ1) is 4.16. The quantitative estimate of drug-likeness (QED) is 0.455. The fourth-order valence-corrected chi connectivity index (χ4v) is 0.246. The minimum atomic E-state index is -0.974. The van der Waals surface area contributed by atoms with E-state index >= 15 is 0 Å². The van der Waals surface area contributed by atoms with Gasteiger partial charge in [-0.3, -0.25) is 0 Å². The van der Waals surface area contributed by atoms with Crippen LogP contribution in [0.4, 0.5) is 0 Å². The highest BCUT2D eigenvalue weighted by Gasteiger charge is 1.83. The van der Waals surface area contributed by atoms with Crippen molar-refractivity contribution in [1.29, 1.82) is 0 Å². The Hall–Kier alpha value is -1.31. The maximum atomic E-state index is 9.86. The molecule has 0 rings (SSSR count). The van der Waals surface area contributed by atoms with Crippen LogP contribution in [-0.2, 0) is 4.79 Å². The first kappa shape index (κ1) is 7.69. The highest BCUT2D eigenvalue weighted by molar-refractivity contribution is 5.80. The molecule has 2 nitrogen and oxygen atoms in total. The molecule has 0 aliphatic rings. The van der Waals surface area contributed by atoms with E-state index in [-0.39, 0.29) is 0 Å². The van der Waals surface area contributed by atoms with Crippen LogP contribution < -0.4 is 0 Å². The van der Waals surface area contributed by atoms with E-state index in [0.717, 1.165) is 6.08 Å². The molecule has 0 heterocycles. The Labute approximate surface area is 53.8 Å². The largest absolute Gasteiger partial charge is 0.478 e. The summed E-state index contributed by atoms with van der Waals surface area (Å²) in [6, 6.07) is 0. The molecule has 0 saturated heterocycles. The molecule has 0 aromatic carbocycles. The van der Waals surface area contributed by atoms with Gasteiger partial charge < -0.3 is 5.11 Å². The van der Waals surface area contributed by atoms with E-state index in [1.165, 1.54) is 12.2 Å². The number of carboxylic acids is 1. The zero-order chi connectivity index (χ0) is 7.28. The van der Waals surface area contributed by atoms with Gasteiger partial charge >= 0.3 is 5.97 Å². The summed E-state index contributed by atoms with van der Waals surface area (Å²) in [4.78, 5) is 9.86. The summed E-state index contributed by atoms with van der Waals surface area (Å²) in [7, 11) is 0. The third kappa shape index (κ3) is 4.55. The van der Waals surface area contributed by atoms with Gasteiger partial charge in [0.1, 0.15) is 0 Å². The van der Waals surface area contributed by atoms with Gasteiger partial charge in [0.2, 0.25) is 0 Å². The summed E-state index contributed by atoms with van der Waals surface area (Å²) < 4.78 is 0. The number of hydrogen-bond donors (Lipinski definition) is 1. The average Bonchev–Trinajstić information content (AvgIpc) is 1.83. The lowest BCUT2D eigenvalue weighted by Crippen LogP contribution is -1.85. The molecule has 0 radical (unpaired) electrons. The summed E-state index contributed by atoms with van der Waals surface area (Å²) in [5, 5.41) is 8.10. The van der Waals surface area contributed by atoms with Crippen molar-refractivity contribution < 1.29 is 9.90 Å². The zero-order valence-electron chi connectivity index (χ0n) is 5.00. The van der Waals surface area contributed by atoms with Gasteiger partial charge in [0.25, 0.3) is 0 Å². The molecule has 48 valence electrons. The lowest BCUT2D eigenvalue weighted by molar-refractivity contribution is -0.131. The molecular formula is C7H8O2. The normalized spacial score (nSPS) is 9.33. The number of aliphatic carboxylic acids is 1. The molecule has 1 N–H and O–H groups in total. The van der Waals surface area contributed by atoms with Crippen molar-refractivity contribution in [3.05, 3.63) is 37.0 Å². The Kier molecular flexibility index (Phi) is 3.13. The topological polar surface area (TPSA) is 37.3 Å². The van der Waals surface area contributed by atoms with E-state index < -0.39 is 5.97 Å². The van der Waals surface area contributed by atoms with Crippen molar-refractivity contribution in [3.8, 4) is 0 Å². The van der Waals surface area contributed by atoms with Crippen molar-refractivity contribution in [3.63, 3.8) is 0 Å². The molecule has 0 spiro atoms. The number of carboxylic acid groups (broad SMARTS) is 1. The highest BCUT2D eigenvalue weighted by Crippen LogP contribution is 1.91. The van der Waals surface area contributed by atoms with Gasteiger partial charge in [-0.05, 0) is 11.6 Å². The van der Waals surface area contributed by atoms with E-state index in [4.69, 9.17) is 5.11 Å². The highest BCUT2D eigenvalue weighted by atomic mass is 16.4. The third-order valence-electron chi connectivity index (χ3n) is 0.702. The van der Waals surface area contributed by atoms with E-state index in [2.05, 4.69) is 13.2 Å². The molecule has 0 bridgehead atoms. The van der Waals surface area contributed by atoms with Gasteiger partial charge in [0, 0.05) is 6.08 Å². The standard InChI is InChI=1S/C7H8O2/c1-3-6(2)4-5-7(8)9/h3-5H,1-2H2,(H,8,9)/b5-4+. The van der Waals surface area contributed by atoms with Gasteiger partial charge in [-0.25, -0.2) is 4.79 Å². The van der Waals surface area contributed by atoms with E-state index in [1.807, 2.05) is 0 Å². The minimum absolute atomic E-state index is 0.595. The first-order valence-corrected chi connectivity index (χ1v) is 2.39. The van der Waals surface area contributed by atoms with Crippen LogP contribution in [0.1, 0.15) is 0 Å². The Balaban J connectivity index is 3.85. The fraction of sp³-hybridized carbons (Fsp3) is 0. The van der Waals surface area contributed by atoms with Crippen molar-refractivity contribution in [1.82, 2.24) is 0 Å². The second-order valence-electron chi connectivity index (χ2n) is 1.45. The molecule has 0 aliphatic heterocycles.